The molecule has 1 aliphatic carbocycles. The maximum absolute atomic E-state index is 12.6. The Morgan fingerprint density at radius 2 is 2.08 bits per heavy atom. The van der Waals surface area contributed by atoms with E-state index in [-0.39, 0.29) is 5.69 Å². The van der Waals surface area contributed by atoms with Crippen molar-refractivity contribution in [3.8, 4) is 5.69 Å². The quantitative estimate of drug-likeness (QED) is 0.895. The fourth-order valence-electron chi connectivity index (χ4n) is 3.04. The zero-order valence-electron chi connectivity index (χ0n) is 13.5. The van der Waals surface area contributed by atoms with Crippen LogP contribution in [0.15, 0.2) is 36.8 Å². The summed E-state index contributed by atoms with van der Waals surface area (Å²) in [6.07, 6.45) is 7.37. The van der Waals surface area contributed by atoms with Crippen LogP contribution in [0.1, 0.15) is 43.1 Å². The molecule has 2 N–H and O–H groups in total. The van der Waals surface area contributed by atoms with E-state index in [4.69, 9.17) is 0 Å². The van der Waals surface area contributed by atoms with Crippen molar-refractivity contribution in [2.75, 3.05) is 0 Å². The van der Waals surface area contributed by atoms with Gasteiger partial charge in [0.25, 0.3) is 5.91 Å². The van der Waals surface area contributed by atoms with E-state index < -0.39 is 17.4 Å². The number of aromatic nitrogens is 3. The molecule has 7 heteroatoms. The van der Waals surface area contributed by atoms with E-state index in [2.05, 4.69) is 22.3 Å². The van der Waals surface area contributed by atoms with Crippen molar-refractivity contribution in [2.24, 2.45) is 5.92 Å². The lowest BCUT2D eigenvalue weighted by atomic mass is 9.77. The van der Waals surface area contributed by atoms with Gasteiger partial charge in [0, 0.05) is 18.6 Å². The van der Waals surface area contributed by atoms with Gasteiger partial charge in [0.15, 0.2) is 0 Å². The topological polar surface area (TPSA) is 97.1 Å². The smallest absolute Gasteiger partial charge is 0.329 e. The van der Waals surface area contributed by atoms with Crippen molar-refractivity contribution in [2.45, 2.75) is 38.1 Å². The van der Waals surface area contributed by atoms with Gasteiger partial charge in [-0.1, -0.05) is 6.92 Å². The number of carbonyl (C=O) groups is 2. The van der Waals surface area contributed by atoms with Gasteiger partial charge >= 0.3 is 5.97 Å². The molecule has 0 aromatic carbocycles. The summed E-state index contributed by atoms with van der Waals surface area (Å²) in [5.41, 5.74) is -0.323. The van der Waals surface area contributed by atoms with Crippen LogP contribution in [-0.4, -0.2) is 37.3 Å². The molecule has 0 aliphatic heterocycles. The Balaban J connectivity index is 1.81. The third kappa shape index (κ3) is 3.15. The maximum atomic E-state index is 12.6. The normalized spacial score (nSPS) is 23.6. The summed E-state index contributed by atoms with van der Waals surface area (Å²) in [7, 11) is 0. The molecule has 24 heavy (non-hydrogen) atoms. The van der Waals surface area contributed by atoms with Crippen LogP contribution in [0.5, 0.6) is 0 Å². The van der Waals surface area contributed by atoms with Crippen molar-refractivity contribution in [3.05, 3.63) is 42.5 Å². The number of hydrogen-bond acceptors (Lipinski definition) is 4. The second-order valence-electron chi connectivity index (χ2n) is 6.37. The Bertz CT molecular complexity index is 734. The van der Waals surface area contributed by atoms with E-state index in [1.54, 1.807) is 35.3 Å². The number of rotatable bonds is 4. The monoisotopic (exact) mass is 328 g/mol. The van der Waals surface area contributed by atoms with Gasteiger partial charge in [0.2, 0.25) is 0 Å². The number of hydrogen-bond donors (Lipinski definition) is 2. The summed E-state index contributed by atoms with van der Waals surface area (Å²) in [6, 6.07) is 5.12. The van der Waals surface area contributed by atoms with Crippen LogP contribution < -0.4 is 5.32 Å². The maximum Gasteiger partial charge on any atom is 0.329 e. The van der Waals surface area contributed by atoms with Crippen LogP contribution in [0.4, 0.5) is 0 Å². The second-order valence-corrected chi connectivity index (χ2v) is 6.37. The molecule has 1 saturated carbocycles. The number of carboxylic acid groups (broad SMARTS) is 1. The molecule has 0 radical (unpaired) electrons. The first-order valence-electron chi connectivity index (χ1n) is 8.02. The Morgan fingerprint density at radius 1 is 1.33 bits per heavy atom. The van der Waals surface area contributed by atoms with Gasteiger partial charge in [-0.2, -0.15) is 5.10 Å². The lowest BCUT2D eigenvalue weighted by Gasteiger charge is -2.36. The van der Waals surface area contributed by atoms with E-state index >= 15 is 0 Å². The molecular weight excluding hydrogens is 308 g/mol. The lowest BCUT2D eigenvalue weighted by Crippen LogP contribution is -2.56. The number of carbonyl (C=O) groups excluding carboxylic acids is 1. The minimum absolute atomic E-state index is 0.183. The van der Waals surface area contributed by atoms with Gasteiger partial charge in [0.05, 0.1) is 5.69 Å². The molecule has 0 atom stereocenters. The number of pyridine rings is 1. The molecule has 2 aromatic rings. The molecule has 126 valence electrons. The lowest BCUT2D eigenvalue weighted by molar-refractivity contribution is -0.146. The molecule has 1 amide bonds. The number of nitrogens with one attached hydrogen (secondary N) is 1. The van der Waals surface area contributed by atoms with Crippen LogP contribution in [0.25, 0.3) is 5.69 Å². The molecule has 1 fully saturated rings. The minimum atomic E-state index is -1.20. The van der Waals surface area contributed by atoms with Crippen LogP contribution in [-0.2, 0) is 4.79 Å². The molecule has 2 aromatic heterocycles. The van der Waals surface area contributed by atoms with Gasteiger partial charge in [0.1, 0.15) is 11.2 Å². The second kappa shape index (κ2) is 6.43. The van der Waals surface area contributed by atoms with Crippen LogP contribution >= 0.6 is 0 Å². The Hall–Kier alpha value is -2.70. The van der Waals surface area contributed by atoms with E-state index in [0.29, 0.717) is 24.4 Å². The highest BCUT2D eigenvalue weighted by Gasteiger charge is 2.42. The van der Waals surface area contributed by atoms with Crippen molar-refractivity contribution in [1.29, 1.82) is 0 Å². The van der Waals surface area contributed by atoms with E-state index in [0.717, 1.165) is 12.8 Å². The molecule has 7 nitrogen and oxygen atoms in total. The minimum Gasteiger partial charge on any atom is -0.480 e. The zero-order valence-corrected chi connectivity index (χ0v) is 13.5. The first kappa shape index (κ1) is 16.2. The first-order chi connectivity index (χ1) is 11.5. The predicted molar refractivity (Wildman–Crippen MR) is 86.8 cm³/mol. The summed E-state index contributed by atoms with van der Waals surface area (Å²) in [5.74, 6) is -0.970. The van der Waals surface area contributed by atoms with E-state index in [1.165, 1.54) is 6.20 Å². The van der Waals surface area contributed by atoms with Crippen molar-refractivity contribution in [3.63, 3.8) is 0 Å². The molecule has 0 unspecified atom stereocenters. The molecule has 0 saturated heterocycles. The number of aliphatic carboxylic acids is 1. The van der Waals surface area contributed by atoms with Gasteiger partial charge in [-0.15, -0.1) is 0 Å². The average molecular weight is 328 g/mol. The largest absolute Gasteiger partial charge is 0.480 e. The zero-order chi connectivity index (χ0) is 17.2. The van der Waals surface area contributed by atoms with Gasteiger partial charge in [-0.25, -0.2) is 9.48 Å². The summed E-state index contributed by atoms with van der Waals surface area (Å²) >= 11 is 0. The first-order valence-corrected chi connectivity index (χ1v) is 8.02. The van der Waals surface area contributed by atoms with Crippen molar-refractivity contribution in [1.82, 2.24) is 20.1 Å². The summed E-state index contributed by atoms with van der Waals surface area (Å²) in [6.45, 7) is 2.10. The van der Waals surface area contributed by atoms with Gasteiger partial charge in [-0.3, -0.25) is 9.78 Å². The Labute approximate surface area is 139 Å². The summed E-state index contributed by atoms with van der Waals surface area (Å²) < 4.78 is 1.62. The molecule has 2 heterocycles. The van der Waals surface area contributed by atoms with E-state index in [9.17, 15) is 14.7 Å². The average Bonchev–Trinajstić information content (AvgIpc) is 3.11. The molecular formula is C17H20N4O3. The Kier molecular flexibility index (Phi) is 4.33. The van der Waals surface area contributed by atoms with Crippen LogP contribution in [0.3, 0.4) is 0 Å². The molecule has 1 aliphatic rings. The number of amides is 1. The highest BCUT2D eigenvalue weighted by Crippen LogP contribution is 2.32. The molecule has 0 spiro atoms. The highest BCUT2D eigenvalue weighted by molar-refractivity contribution is 5.96. The number of carboxylic acids is 1. The van der Waals surface area contributed by atoms with Crippen molar-refractivity contribution < 1.29 is 14.7 Å². The van der Waals surface area contributed by atoms with Gasteiger partial charge in [-0.05, 0) is 49.8 Å². The predicted octanol–water partition coefficient (Wildman–Crippen LogP) is 2.03. The summed E-state index contributed by atoms with van der Waals surface area (Å²) in [4.78, 5) is 28.4. The third-order valence-corrected chi connectivity index (χ3v) is 4.64. The number of nitrogens with zero attached hydrogens (tertiary/aromatic N) is 3. The van der Waals surface area contributed by atoms with Crippen molar-refractivity contribution >= 4 is 11.9 Å². The molecule has 3 rings (SSSR count). The van der Waals surface area contributed by atoms with Crippen LogP contribution in [0.2, 0.25) is 0 Å². The van der Waals surface area contributed by atoms with E-state index in [1.807, 2.05) is 0 Å². The highest BCUT2D eigenvalue weighted by atomic mass is 16.4. The fourth-order valence-corrected chi connectivity index (χ4v) is 3.04. The Morgan fingerprint density at radius 3 is 2.71 bits per heavy atom. The van der Waals surface area contributed by atoms with Gasteiger partial charge < -0.3 is 10.4 Å². The molecule has 0 bridgehead atoms. The SMILES string of the molecule is CC1CCC(NC(=O)c2cc(-n3cccn3)ccn2)(C(=O)O)CC1. The standard InChI is InChI=1S/C17H20N4O3/c1-12-3-6-17(7-4-12,16(23)24)20-15(22)14-11-13(5-9-18-14)21-10-2-8-19-21/h2,5,8-12H,3-4,6-7H2,1H3,(H,20,22)(H,23,24). The fraction of sp³-hybridized carbons (Fsp3) is 0.412. The summed E-state index contributed by atoms with van der Waals surface area (Å²) in [5, 5.41) is 16.5. The third-order valence-electron chi connectivity index (χ3n) is 4.64. The van der Waals surface area contributed by atoms with Crippen LogP contribution in [0, 0.1) is 5.92 Å².